The van der Waals surface area contributed by atoms with Gasteiger partial charge in [-0.15, -0.1) is 0 Å². The van der Waals surface area contributed by atoms with Gasteiger partial charge < -0.3 is 9.15 Å². The van der Waals surface area contributed by atoms with Crippen LogP contribution in [0.25, 0.3) is 11.0 Å². The summed E-state index contributed by atoms with van der Waals surface area (Å²) in [7, 11) is -3.90. The molecule has 4 aromatic rings. The highest BCUT2D eigenvalue weighted by molar-refractivity contribution is 7.92. The first-order valence-electron chi connectivity index (χ1n) is 12.5. The number of ether oxygens (including phenoxy) is 1. The summed E-state index contributed by atoms with van der Waals surface area (Å²) in [6.07, 6.45) is 0.619. The first-order valence-corrected chi connectivity index (χ1v) is 14.0. The fourth-order valence-electron chi connectivity index (χ4n) is 5.16. The lowest BCUT2D eigenvalue weighted by molar-refractivity contribution is 0.0473. The van der Waals surface area contributed by atoms with Gasteiger partial charge in [-0.3, -0.25) is 4.31 Å². The van der Waals surface area contributed by atoms with Gasteiger partial charge in [0.2, 0.25) is 0 Å². The highest BCUT2D eigenvalue weighted by Gasteiger charge is 2.36. The van der Waals surface area contributed by atoms with Gasteiger partial charge in [0.05, 0.1) is 16.1 Å². The second-order valence-corrected chi connectivity index (χ2v) is 11.9. The molecule has 3 aromatic carbocycles. The SMILES string of the molecule is Cc1cc2oc(=O)cc(COC(=O)c3cccc(S(=O)(=O)N4c5ccccc5CC4C)c3)c2cc1C(C)C. The number of hydrogen-bond donors (Lipinski definition) is 0. The average molecular weight is 532 g/mol. The summed E-state index contributed by atoms with van der Waals surface area (Å²) in [5, 5.41) is 0.699. The van der Waals surface area contributed by atoms with Crippen molar-refractivity contribution in [2.75, 3.05) is 4.31 Å². The lowest BCUT2D eigenvalue weighted by atomic mass is 9.95. The molecule has 7 nitrogen and oxygen atoms in total. The molecule has 8 heteroatoms. The maximum absolute atomic E-state index is 13.6. The molecular formula is C30H29NO6S. The summed E-state index contributed by atoms with van der Waals surface area (Å²) < 4.78 is 39.5. The number of anilines is 1. The van der Waals surface area contributed by atoms with Crippen LogP contribution in [0.1, 0.15) is 59.3 Å². The van der Waals surface area contributed by atoms with Crippen molar-refractivity contribution in [3.05, 3.63) is 105 Å². The highest BCUT2D eigenvalue weighted by atomic mass is 32.2. The molecule has 0 saturated heterocycles. The summed E-state index contributed by atoms with van der Waals surface area (Å²) in [5.41, 5.74) is 4.27. The number of para-hydroxylation sites is 1. The van der Waals surface area contributed by atoms with Gasteiger partial charge in [0.25, 0.3) is 10.0 Å². The molecule has 0 spiro atoms. The molecule has 0 N–H and O–H groups in total. The molecule has 1 unspecified atom stereocenters. The first-order chi connectivity index (χ1) is 18.1. The topological polar surface area (TPSA) is 93.9 Å². The summed E-state index contributed by atoms with van der Waals surface area (Å²) in [6.45, 7) is 7.83. The Hall–Kier alpha value is -3.91. The van der Waals surface area contributed by atoms with E-state index < -0.39 is 21.6 Å². The van der Waals surface area contributed by atoms with E-state index in [1.54, 1.807) is 6.07 Å². The van der Waals surface area contributed by atoms with Crippen molar-refractivity contribution >= 4 is 32.6 Å². The number of rotatable bonds is 6. The number of fused-ring (bicyclic) bond motifs is 2. The molecule has 0 saturated carbocycles. The van der Waals surface area contributed by atoms with Crippen molar-refractivity contribution < 1.29 is 22.4 Å². The minimum absolute atomic E-state index is 0.0124. The molecule has 38 heavy (non-hydrogen) atoms. The van der Waals surface area contributed by atoms with Crippen LogP contribution in [0, 0.1) is 6.92 Å². The summed E-state index contributed by atoms with van der Waals surface area (Å²) in [6, 6.07) is 18.1. The number of sulfonamides is 1. The van der Waals surface area contributed by atoms with Gasteiger partial charge in [-0.05, 0) is 79.3 Å². The van der Waals surface area contributed by atoms with Gasteiger partial charge in [-0.2, -0.15) is 0 Å². The molecule has 0 aliphatic carbocycles. The maximum atomic E-state index is 13.6. The van der Waals surface area contributed by atoms with Crippen LogP contribution >= 0.6 is 0 Å². The normalized spacial score (nSPS) is 15.2. The number of hydrogen-bond acceptors (Lipinski definition) is 6. The van der Waals surface area contributed by atoms with Crippen LogP contribution in [0.15, 0.2) is 80.8 Å². The van der Waals surface area contributed by atoms with E-state index in [0.29, 0.717) is 28.6 Å². The number of carbonyl (C=O) groups is 1. The van der Waals surface area contributed by atoms with Crippen molar-refractivity contribution in [2.24, 2.45) is 0 Å². The number of benzene rings is 3. The molecule has 0 bridgehead atoms. The van der Waals surface area contributed by atoms with Crippen molar-refractivity contribution in [1.82, 2.24) is 0 Å². The standard InChI is InChI=1S/C30H29NO6S/c1-18(2)25-16-26-23(15-29(32)37-28(26)12-19(25)3)17-36-30(33)22-9-7-10-24(14-22)38(34,35)31-20(4)13-21-8-5-6-11-27(21)31/h5-12,14-16,18,20H,13,17H2,1-4H3. The van der Waals surface area contributed by atoms with E-state index in [2.05, 4.69) is 13.8 Å². The lowest BCUT2D eigenvalue weighted by Gasteiger charge is -2.24. The molecule has 1 aliphatic rings. The summed E-state index contributed by atoms with van der Waals surface area (Å²) >= 11 is 0. The number of carbonyl (C=O) groups excluding carboxylic acids is 1. The Morgan fingerprint density at radius 3 is 2.61 bits per heavy atom. The Morgan fingerprint density at radius 2 is 1.84 bits per heavy atom. The molecule has 1 aliphatic heterocycles. The predicted octanol–water partition coefficient (Wildman–Crippen LogP) is 5.72. The van der Waals surface area contributed by atoms with Gasteiger partial charge in [0.1, 0.15) is 12.2 Å². The Bertz CT molecular complexity index is 1720. The third kappa shape index (κ3) is 4.60. The van der Waals surface area contributed by atoms with E-state index in [0.717, 1.165) is 16.7 Å². The van der Waals surface area contributed by atoms with Crippen molar-refractivity contribution in [3.8, 4) is 0 Å². The second kappa shape index (κ2) is 9.76. The fourth-order valence-corrected chi connectivity index (χ4v) is 6.90. The summed E-state index contributed by atoms with van der Waals surface area (Å²) in [5.74, 6) is -0.425. The zero-order valence-electron chi connectivity index (χ0n) is 21.7. The van der Waals surface area contributed by atoms with Gasteiger partial charge in [0.15, 0.2) is 0 Å². The molecule has 0 amide bonds. The van der Waals surface area contributed by atoms with Crippen LogP contribution in [0.5, 0.6) is 0 Å². The molecule has 5 rings (SSSR count). The van der Waals surface area contributed by atoms with E-state index in [9.17, 15) is 18.0 Å². The Kier molecular flexibility index (Phi) is 6.61. The van der Waals surface area contributed by atoms with Crippen LogP contribution in [-0.4, -0.2) is 20.4 Å². The van der Waals surface area contributed by atoms with Gasteiger partial charge in [-0.25, -0.2) is 18.0 Å². The van der Waals surface area contributed by atoms with E-state index in [4.69, 9.17) is 9.15 Å². The summed E-state index contributed by atoms with van der Waals surface area (Å²) in [4.78, 5) is 25.2. The third-order valence-corrected chi connectivity index (χ3v) is 8.89. The van der Waals surface area contributed by atoms with E-state index >= 15 is 0 Å². The van der Waals surface area contributed by atoms with E-state index in [-0.39, 0.29) is 29.0 Å². The van der Waals surface area contributed by atoms with Crippen LogP contribution in [-0.2, 0) is 27.8 Å². The third-order valence-electron chi connectivity index (χ3n) is 6.97. The largest absolute Gasteiger partial charge is 0.457 e. The van der Waals surface area contributed by atoms with Crippen LogP contribution in [0.2, 0.25) is 0 Å². The van der Waals surface area contributed by atoms with Crippen LogP contribution < -0.4 is 9.93 Å². The van der Waals surface area contributed by atoms with Crippen molar-refractivity contribution in [2.45, 2.75) is 57.6 Å². The molecule has 0 radical (unpaired) electrons. The number of aryl methyl sites for hydroxylation is 1. The minimum Gasteiger partial charge on any atom is -0.457 e. The van der Waals surface area contributed by atoms with Crippen molar-refractivity contribution in [1.29, 1.82) is 0 Å². The molecule has 2 heterocycles. The Balaban J connectivity index is 1.42. The van der Waals surface area contributed by atoms with Gasteiger partial charge >= 0.3 is 11.6 Å². The molecule has 0 fully saturated rings. The smallest absolute Gasteiger partial charge is 0.338 e. The predicted molar refractivity (Wildman–Crippen MR) is 146 cm³/mol. The average Bonchev–Trinajstić information content (AvgIpc) is 3.22. The first kappa shape index (κ1) is 25.7. The molecule has 1 aromatic heterocycles. The zero-order valence-corrected chi connectivity index (χ0v) is 22.5. The minimum atomic E-state index is -3.90. The molecular weight excluding hydrogens is 502 g/mol. The second-order valence-electron chi connectivity index (χ2n) is 10.0. The quantitative estimate of drug-likeness (QED) is 0.233. The van der Waals surface area contributed by atoms with Crippen LogP contribution in [0.3, 0.4) is 0 Å². The van der Waals surface area contributed by atoms with Crippen LogP contribution in [0.4, 0.5) is 5.69 Å². The zero-order chi connectivity index (χ0) is 27.2. The van der Waals surface area contributed by atoms with E-state index in [1.807, 2.05) is 44.2 Å². The molecule has 1 atom stereocenters. The maximum Gasteiger partial charge on any atom is 0.338 e. The van der Waals surface area contributed by atoms with Gasteiger partial charge in [-0.1, -0.05) is 38.1 Å². The van der Waals surface area contributed by atoms with E-state index in [1.165, 1.54) is 34.6 Å². The highest BCUT2D eigenvalue weighted by Crippen LogP contribution is 2.36. The van der Waals surface area contributed by atoms with Gasteiger partial charge in [0, 0.05) is 23.1 Å². The number of esters is 1. The Labute approximate surface area is 221 Å². The Morgan fingerprint density at radius 1 is 1.08 bits per heavy atom. The number of nitrogens with zero attached hydrogens (tertiary/aromatic N) is 1. The monoisotopic (exact) mass is 531 g/mol. The lowest BCUT2D eigenvalue weighted by Crippen LogP contribution is -2.35. The molecule has 196 valence electrons. The fraction of sp³-hybridized carbons (Fsp3) is 0.267. The van der Waals surface area contributed by atoms with Crippen molar-refractivity contribution in [3.63, 3.8) is 0 Å².